The van der Waals surface area contributed by atoms with Crippen LogP contribution < -0.4 is 0 Å². The van der Waals surface area contributed by atoms with E-state index in [4.69, 9.17) is 27.1 Å². The Labute approximate surface area is 813 Å². The molecule has 0 amide bonds. The smallest absolute Gasteiger partial charge is 0.312 e. The molecule has 0 saturated heterocycles. The largest absolute Gasteiger partial charge is 0.332 e. The van der Waals surface area contributed by atoms with Gasteiger partial charge < -0.3 is 27.1 Å². The van der Waals surface area contributed by atoms with E-state index in [1.165, 1.54) is 655 Å². The molecule has 0 saturated carbocycles. The highest BCUT2D eigenvalue weighted by atomic mass is 31.2. The molecule has 0 spiro atoms. The molecule has 0 heterocycles. The molecule has 0 aromatic carbocycles. The molecule has 0 aliphatic heterocycles. The first kappa shape index (κ1) is 131. The molecule has 0 N–H and O–H groups in total. The van der Waals surface area contributed by atoms with Crippen LogP contribution in [0.1, 0.15) is 735 Å². The summed E-state index contributed by atoms with van der Waals surface area (Å²) in [6, 6.07) is 0. The third-order valence-corrected chi connectivity index (χ3v) is 30.5. The van der Waals surface area contributed by atoms with E-state index in [9.17, 15) is 0 Å². The summed E-state index contributed by atoms with van der Waals surface area (Å²) in [7, 11) is -2.39. The van der Waals surface area contributed by atoms with Gasteiger partial charge in [-0.05, 0) is 38.5 Å². The van der Waals surface area contributed by atoms with E-state index in [0.717, 1.165) is 78.2 Å². The van der Waals surface area contributed by atoms with Crippen molar-refractivity contribution >= 4 is 17.2 Å². The van der Waals surface area contributed by atoms with Crippen LogP contribution in [0.5, 0.6) is 0 Å². The number of unbranched alkanes of at least 4 members (excludes halogenated alkanes) is 102. The van der Waals surface area contributed by atoms with Gasteiger partial charge in [0.05, 0.1) is 39.6 Å². The standard InChI is InChI=1S/C66H135O3P.C54H111O3P/c1-4-7-10-13-16-19-22-25-28-31-34-37-40-43-46-49-52-55-58-61-64-67-70(68-65-62-59-56-53-50-47-44-41-38-35-32-29-26-23-20-17-14-11-8-5-2)69-66-63-60-57-54-51-48-45-42-39-36-33-30-27-24-21-18-15-12-9-6-3;1-4-7-10-13-16-19-22-25-28-31-34-37-40-43-46-49-52-55-58(56-53-50-47-44-41-38-35-32-29-26-23-20-17-14-11-8-5-2)57-54-51-48-45-42-39-36-33-30-27-24-21-18-15-12-9-6-3/h4-66H2,1-3H3;4-54H2,1-3H3. The quantitative estimate of drug-likeness (QED) is 0.0447. The summed E-state index contributed by atoms with van der Waals surface area (Å²) in [4.78, 5) is 0. The molecule has 0 aliphatic rings. The minimum Gasteiger partial charge on any atom is -0.312 e. The lowest BCUT2D eigenvalue weighted by Gasteiger charge is -2.17. The Hall–Kier alpha value is 0.620. The first-order valence-electron chi connectivity index (χ1n) is 61.1. The summed E-state index contributed by atoms with van der Waals surface area (Å²) in [5.41, 5.74) is 0. The average molecular weight is 1850 g/mol. The van der Waals surface area contributed by atoms with E-state index in [-0.39, 0.29) is 0 Å². The van der Waals surface area contributed by atoms with Crippen LogP contribution in [0.2, 0.25) is 0 Å². The molecule has 0 rings (SSSR count). The van der Waals surface area contributed by atoms with E-state index in [2.05, 4.69) is 41.5 Å². The van der Waals surface area contributed by atoms with Gasteiger partial charge in [0.1, 0.15) is 0 Å². The van der Waals surface area contributed by atoms with Crippen LogP contribution in [0.4, 0.5) is 0 Å². The maximum absolute atomic E-state index is 6.29. The van der Waals surface area contributed by atoms with E-state index < -0.39 is 17.2 Å². The van der Waals surface area contributed by atoms with Crippen molar-refractivity contribution in [2.45, 2.75) is 735 Å². The van der Waals surface area contributed by atoms with Crippen LogP contribution in [0, 0.1) is 0 Å². The fourth-order valence-electron chi connectivity index (χ4n) is 19.1. The molecule has 0 radical (unpaired) electrons. The van der Waals surface area contributed by atoms with Gasteiger partial charge in [0, 0.05) is 0 Å². The van der Waals surface area contributed by atoms with E-state index in [1.807, 2.05) is 0 Å². The molecule has 8 heteroatoms. The van der Waals surface area contributed by atoms with Gasteiger partial charge in [0.2, 0.25) is 0 Å². The summed E-state index contributed by atoms with van der Waals surface area (Å²) in [6.07, 6.45) is 152. The molecule has 0 unspecified atom stereocenters. The minimum absolute atomic E-state index is 0.794. The fourth-order valence-corrected chi connectivity index (χ4v) is 21.2. The molecule has 0 atom stereocenters. The van der Waals surface area contributed by atoms with Gasteiger partial charge in [-0.25, -0.2) is 0 Å². The van der Waals surface area contributed by atoms with Crippen LogP contribution in [-0.4, -0.2) is 39.6 Å². The number of hydrogen-bond donors (Lipinski definition) is 0. The second kappa shape index (κ2) is 128. The van der Waals surface area contributed by atoms with E-state index in [1.54, 1.807) is 0 Å². The molecule has 0 fully saturated rings. The number of hydrogen-bond acceptors (Lipinski definition) is 6. The predicted molar refractivity (Wildman–Crippen MR) is 582 cm³/mol. The van der Waals surface area contributed by atoms with Crippen molar-refractivity contribution < 1.29 is 27.1 Å². The normalized spacial score (nSPS) is 11.8. The van der Waals surface area contributed by atoms with Crippen LogP contribution in [0.25, 0.3) is 0 Å². The van der Waals surface area contributed by atoms with Gasteiger partial charge in [-0.3, -0.25) is 0 Å². The third-order valence-electron chi connectivity index (χ3n) is 28.2. The maximum atomic E-state index is 6.29. The highest BCUT2D eigenvalue weighted by Gasteiger charge is 2.15. The molecule has 772 valence electrons. The first-order chi connectivity index (χ1) is 63.7. The summed E-state index contributed by atoms with van der Waals surface area (Å²) in [6.45, 7) is 18.6. The highest BCUT2D eigenvalue weighted by molar-refractivity contribution is 7.41. The Morgan fingerprint density at radius 2 is 0.133 bits per heavy atom. The van der Waals surface area contributed by atoms with E-state index >= 15 is 0 Å². The zero-order valence-electron chi connectivity index (χ0n) is 90.0. The fraction of sp³-hybridized carbons (Fsp3) is 1.00. The summed E-state index contributed by atoms with van der Waals surface area (Å²) < 4.78 is 37.6. The zero-order chi connectivity index (χ0) is 92.0. The Balaban J connectivity index is 0. The van der Waals surface area contributed by atoms with Gasteiger partial charge in [-0.2, -0.15) is 0 Å². The van der Waals surface area contributed by atoms with Gasteiger partial charge >= 0.3 is 17.2 Å². The van der Waals surface area contributed by atoms with Crippen molar-refractivity contribution in [1.82, 2.24) is 0 Å². The lowest BCUT2D eigenvalue weighted by molar-refractivity contribution is 0.153. The molecular formula is C120H246O6P2. The molecule has 0 bridgehead atoms. The maximum Gasteiger partial charge on any atom is 0.332 e. The SMILES string of the molecule is CCCCCCCCCCCCCCCCCCCCCCOP(OCCCCCCCCCCCCCCCCCCCCCC)OCCCCCCCCCCCCCCCCCCCCCC.CCCCCCCCCCCCCCCCCCOP(OCCCCCCCCCCCCCCCCCC)OCCCCCCCCCCCCCCCCCC. The van der Waals surface area contributed by atoms with Crippen molar-refractivity contribution in [1.29, 1.82) is 0 Å². The lowest BCUT2D eigenvalue weighted by Crippen LogP contribution is -2.00. The minimum atomic E-state index is -1.20. The average Bonchev–Trinajstić information content (AvgIpc) is 0.996. The monoisotopic (exact) mass is 1850 g/mol. The van der Waals surface area contributed by atoms with Crippen LogP contribution in [0.15, 0.2) is 0 Å². The van der Waals surface area contributed by atoms with Crippen molar-refractivity contribution in [3.8, 4) is 0 Å². The van der Waals surface area contributed by atoms with Gasteiger partial charge in [0.15, 0.2) is 0 Å². The Morgan fingerprint density at radius 3 is 0.195 bits per heavy atom. The molecule has 128 heavy (non-hydrogen) atoms. The lowest BCUT2D eigenvalue weighted by atomic mass is 10.0. The second-order valence-corrected chi connectivity index (χ2v) is 44.0. The summed E-state index contributed by atoms with van der Waals surface area (Å²) in [5.74, 6) is 0. The Morgan fingerprint density at radius 1 is 0.0781 bits per heavy atom. The van der Waals surface area contributed by atoms with Crippen molar-refractivity contribution in [2.75, 3.05) is 39.6 Å². The Kier molecular flexibility index (Phi) is 130. The summed E-state index contributed by atoms with van der Waals surface area (Å²) in [5, 5.41) is 0. The summed E-state index contributed by atoms with van der Waals surface area (Å²) >= 11 is 0. The van der Waals surface area contributed by atoms with Gasteiger partial charge in [-0.1, -0.05) is 696 Å². The van der Waals surface area contributed by atoms with Gasteiger partial charge in [0.25, 0.3) is 0 Å². The van der Waals surface area contributed by atoms with Crippen LogP contribution in [-0.2, 0) is 27.1 Å². The highest BCUT2D eigenvalue weighted by Crippen LogP contribution is 2.42. The van der Waals surface area contributed by atoms with Crippen LogP contribution >= 0.6 is 17.2 Å². The Bertz CT molecular complexity index is 1610. The number of rotatable bonds is 120. The molecule has 0 aromatic heterocycles. The van der Waals surface area contributed by atoms with Crippen LogP contribution in [0.3, 0.4) is 0 Å². The van der Waals surface area contributed by atoms with Crippen molar-refractivity contribution in [2.24, 2.45) is 0 Å². The van der Waals surface area contributed by atoms with Crippen molar-refractivity contribution in [3.05, 3.63) is 0 Å². The van der Waals surface area contributed by atoms with E-state index in [0.29, 0.717) is 0 Å². The third kappa shape index (κ3) is 125. The van der Waals surface area contributed by atoms with Crippen molar-refractivity contribution in [3.63, 3.8) is 0 Å². The molecule has 6 nitrogen and oxygen atoms in total. The zero-order valence-corrected chi connectivity index (χ0v) is 91.7. The topological polar surface area (TPSA) is 55.4 Å². The second-order valence-electron chi connectivity index (χ2n) is 41.5. The molecule has 0 aromatic rings. The predicted octanol–water partition coefficient (Wildman–Crippen LogP) is 46.8. The molecular weight excluding hydrogens is 1600 g/mol. The molecule has 0 aliphatic carbocycles. The first-order valence-corrected chi connectivity index (χ1v) is 63.3. The van der Waals surface area contributed by atoms with Gasteiger partial charge in [-0.15, -0.1) is 0 Å².